The summed E-state index contributed by atoms with van der Waals surface area (Å²) in [6.07, 6.45) is 3.03. The largest absolute Gasteiger partial charge is 0.494 e. The van der Waals surface area contributed by atoms with Crippen molar-refractivity contribution < 1.29 is 28.1 Å². The summed E-state index contributed by atoms with van der Waals surface area (Å²) in [5.74, 6) is 0.997. The Morgan fingerprint density at radius 2 is 1.97 bits per heavy atom. The van der Waals surface area contributed by atoms with Gasteiger partial charge in [0.2, 0.25) is 11.7 Å². The number of hydrogen-bond acceptors (Lipinski definition) is 7. The highest BCUT2D eigenvalue weighted by atomic mass is 32.1. The van der Waals surface area contributed by atoms with Gasteiger partial charge in [-0.1, -0.05) is 0 Å². The van der Waals surface area contributed by atoms with Gasteiger partial charge in [0, 0.05) is 17.0 Å². The van der Waals surface area contributed by atoms with Gasteiger partial charge in [-0.25, -0.2) is 9.37 Å². The first kappa shape index (κ1) is 20.7. The van der Waals surface area contributed by atoms with Crippen molar-refractivity contribution >= 4 is 28.5 Å². The minimum Gasteiger partial charge on any atom is -0.494 e. The summed E-state index contributed by atoms with van der Waals surface area (Å²) >= 11 is 1.25. The lowest BCUT2D eigenvalue weighted by atomic mass is 10.1. The molecule has 160 valence electrons. The third-order valence-corrected chi connectivity index (χ3v) is 5.22. The average Bonchev–Trinajstić information content (AvgIpc) is 3.25. The summed E-state index contributed by atoms with van der Waals surface area (Å²) in [6, 6.07) is 8.12. The Morgan fingerprint density at radius 1 is 1.16 bits per heavy atom. The minimum atomic E-state index is -0.476. The molecule has 0 radical (unpaired) electrons. The first-order valence-corrected chi connectivity index (χ1v) is 10.2. The molecule has 0 unspecified atom stereocenters. The molecular formula is C22H19FN2O5S. The molecule has 31 heavy (non-hydrogen) atoms. The fraction of sp³-hybridized carbons (Fsp3) is 0.182. The van der Waals surface area contributed by atoms with Crippen LogP contribution in [0.2, 0.25) is 0 Å². The zero-order chi connectivity index (χ0) is 21.8. The van der Waals surface area contributed by atoms with Crippen LogP contribution in [0, 0.1) is 5.82 Å². The lowest BCUT2D eigenvalue weighted by Crippen LogP contribution is -2.16. The number of anilines is 1. The molecule has 7 nitrogen and oxygen atoms in total. The van der Waals surface area contributed by atoms with Gasteiger partial charge in [0.25, 0.3) is 0 Å². The molecule has 3 aromatic rings. The van der Waals surface area contributed by atoms with Crippen LogP contribution in [0.15, 0.2) is 41.8 Å². The molecule has 1 amide bonds. The highest BCUT2D eigenvalue weighted by Crippen LogP contribution is 2.40. The van der Waals surface area contributed by atoms with Crippen molar-refractivity contribution in [3.8, 4) is 34.3 Å². The van der Waals surface area contributed by atoms with Crippen LogP contribution in [0.25, 0.3) is 17.3 Å². The van der Waals surface area contributed by atoms with Gasteiger partial charge >= 0.3 is 0 Å². The van der Waals surface area contributed by atoms with Crippen molar-refractivity contribution in [3.05, 3.63) is 53.2 Å². The molecule has 0 saturated carbocycles. The van der Waals surface area contributed by atoms with E-state index >= 15 is 0 Å². The van der Waals surface area contributed by atoms with E-state index < -0.39 is 5.82 Å². The molecule has 4 rings (SSSR count). The molecule has 1 N–H and O–H groups in total. The zero-order valence-corrected chi connectivity index (χ0v) is 17.6. The maximum absolute atomic E-state index is 13.9. The van der Waals surface area contributed by atoms with Crippen LogP contribution in [-0.2, 0) is 4.79 Å². The molecule has 0 aliphatic carbocycles. The van der Waals surface area contributed by atoms with Crippen molar-refractivity contribution in [2.24, 2.45) is 0 Å². The maximum Gasteiger partial charge on any atom is 0.250 e. The number of nitrogens with one attached hydrogen (secondary N) is 1. The molecule has 2 heterocycles. The quantitative estimate of drug-likeness (QED) is 0.571. The van der Waals surface area contributed by atoms with Crippen LogP contribution in [0.1, 0.15) is 5.56 Å². The predicted molar refractivity (Wildman–Crippen MR) is 116 cm³/mol. The molecule has 9 heteroatoms. The van der Waals surface area contributed by atoms with Gasteiger partial charge in [0.1, 0.15) is 13.2 Å². The summed E-state index contributed by atoms with van der Waals surface area (Å²) in [6.45, 7) is 0.911. The summed E-state index contributed by atoms with van der Waals surface area (Å²) in [5.41, 5.74) is 1.88. The smallest absolute Gasteiger partial charge is 0.250 e. The molecule has 0 spiro atoms. The van der Waals surface area contributed by atoms with Crippen LogP contribution < -0.4 is 24.3 Å². The Hall–Kier alpha value is -3.59. The van der Waals surface area contributed by atoms with Crippen LogP contribution in [0.5, 0.6) is 23.0 Å². The third-order valence-electron chi connectivity index (χ3n) is 4.46. The monoisotopic (exact) mass is 442 g/mol. The van der Waals surface area contributed by atoms with Gasteiger partial charge in [-0.2, -0.15) is 0 Å². The van der Waals surface area contributed by atoms with Crippen molar-refractivity contribution in [2.75, 3.05) is 32.8 Å². The molecule has 0 saturated heterocycles. The molecule has 1 aliphatic heterocycles. The second kappa shape index (κ2) is 9.05. The number of fused-ring (bicyclic) bond motifs is 1. The second-order valence-corrected chi connectivity index (χ2v) is 7.32. The minimum absolute atomic E-state index is 0.161. The Labute approximate surface area is 182 Å². The van der Waals surface area contributed by atoms with E-state index in [0.29, 0.717) is 46.9 Å². The first-order chi connectivity index (χ1) is 15.1. The van der Waals surface area contributed by atoms with E-state index in [1.807, 2.05) is 0 Å². The van der Waals surface area contributed by atoms with Crippen molar-refractivity contribution in [1.82, 2.24) is 4.98 Å². The van der Waals surface area contributed by atoms with E-state index in [-0.39, 0.29) is 11.7 Å². The summed E-state index contributed by atoms with van der Waals surface area (Å²) in [4.78, 5) is 16.7. The molecule has 1 aromatic heterocycles. The van der Waals surface area contributed by atoms with E-state index in [2.05, 4.69) is 10.3 Å². The lowest BCUT2D eigenvalue weighted by Gasteiger charge is -2.20. The average molecular weight is 442 g/mol. The van der Waals surface area contributed by atoms with Gasteiger partial charge in [0.05, 0.1) is 19.9 Å². The number of carbonyl (C=O) groups excluding carboxylic acids is 1. The molecule has 0 fully saturated rings. The Kier molecular flexibility index (Phi) is 6.03. The second-order valence-electron chi connectivity index (χ2n) is 6.46. The van der Waals surface area contributed by atoms with E-state index in [4.69, 9.17) is 18.9 Å². The number of hydrogen-bond donors (Lipinski definition) is 1. The number of benzene rings is 2. The lowest BCUT2D eigenvalue weighted by molar-refractivity contribution is -0.111. The number of ether oxygens (including phenoxy) is 4. The van der Waals surface area contributed by atoms with Crippen LogP contribution >= 0.6 is 11.3 Å². The van der Waals surface area contributed by atoms with Crippen LogP contribution in [-0.4, -0.2) is 38.3 Å². The summed E-state index contributed by atoms with van der Waals surface area (Å²) < 4.78 is 35.4. The fourth-order valence-corrected chi connectivity index (χ4v) is 3.72. The van der Waals surface area contributed by atoms with E-state index in [0.717, 1.165) is 5.56 Å². The van der Waals surface area contributed by atoms with Crippen molar-refractivity contribution in [3.63, 3.8) is 0 Å². The first-order valence-electron chi connectivity index (χ1n) is 9.33. The predicted octanol–water partition coefficient (Wildman–Crippen LogP) is 4.39. The van der Waals surface area contributed by atoms with E-state index in [9.17, 15) is 9.18 Å². The van der Waals surface area contributed by atoms with Crippen molar-refractivity contribution in [2.45, 2.75) is 0 Å². The van der Waals surface area contributed by atoms with E-state index in [1.54, 1.807) is 36.8 Å². The number of rotatable bonds is 6. The number of carbonyl (C=O) groups is 1. The van der Waals surface area contributed by atoms with Gasteiger partial charge in [-0.15, -0.1) is 11.3 Å². The Bertz CT molecular complexity index is 1130. The Balaban J connectivity index is 1.45. The van der Waals surface area contributed by atoms with Crippen LogP contribution in [0.4, 0.5) is 9.52 Å². The summed E-state index contributed by atoms with van der Waals surface area (Å²) in [7, 11) is 2.95. The molecule has 0 atom stereocenters. The molecular weight excluding hydrogens is 423 g/mol. The molecule has 1 aliphatic rings. The van der Waals surface area contributed by atoms with Gasteiger partial charge in [-0.05, 0) is 42.0 Å². The number of methoxy groups -OCH3 is 2. The van der Waals surface area contributed by atoms with Crippen LogP contribution in [0.3, 0.4) is 0 Å². The van der Waals surface area contributed by atoms with Gasteiger partial charge in [-0.3, -0.25) is 10.1 Å². The normalized spacial score (nSPS) is 12.6. The van der Waals surface area contributed by atoms with Gasteiger partial charge in [0.15, 0.2) is 28.2 Å². The number of halogens is 1. The maximum atomic E-state index is 13.9. The molecule has 2 aromatic carbocycles. The fourth-order valence-electron chi connectivity index (χ4n) is 3.00. The zero-order valence-electron chi connectivity index (χ0n) is 16.8. The van der Waals surface area contributed by atoms with Gasteiger partial charge < -0.3 is 18.9 Å². The Morgan fingerprint density at radius 3 is 2.74 bits per heavy atom. The highest BCUT2D eigenvalue weighted by molar-refractivity contribution is 7.14. The highest BCUT2D eigenvalue weighted by Gasteiger charge is 2.18. The number of thiazole rings is 1. The molecule has 0 bridgehead atoms. The topological polar surface area (TPSA) is 78.9 Å². The SMILES string of the molecule is COc1ccc(-c2csc(NC(=O)/C=C/c3cc(OC)c4c(c3)OCCO4)n2)cc1F. The number of aromatic nitrogens is 1. The number of amides is 1. The van der Waals surface area contributed by atoms with E-state index in [1.165, 1.54) is 36.7 Å². The summed E-state index contributed by atoms with van der Waals surface area (Å²) in [5, 5.41) is 4.85. The standard InChI is InChI=1S/C22H19FN2O5S/c1-27-17-5-4-14(11-15(17)23)16-12-31-22(24-16)25-20(26)6-3-13-9-18(28-2)21-19(10-13)29-7-8-30-21/h3-6,9-12H,7-8H2,1-2H3,(H,24,25,26)/b6-3+. The third kappa shape index (κ3) is 4.61. The van der Waals surface area contributed by atoms with Crippen molar-refractivity contribution in [1.29, 1.82) is 0 Å². The number of nitrogens with zero attached hydrogens (tertiary/aromatic N) is 1.